The average molecular weight is 239 g/mol. The Bertz CT molecular complexity index is 413. The van der Waals surface area contributed by atoms with Crippen LogP contribution in [-0.4, -0.2) is 11.9 Å². The number of rotatable bonds is 2. The van der Waals surface area contributed by atoms with Gasteiger partial charge in [-0.2, -0.15) is 0 Å². The fourth-order valence-electron chi connectivity index (χ4n) is 1.97. The van der Waals surface area contributed by atoms with E-state index < -0.39 is 0 Å². The molecule has 1 aliphatic carbocycles. The maximum Gasteiger partial charge on any atom is 0.251 e. The molecule has 0 atom stereocenters. The summed E-state index contributed by atoms with van der Waals surface area (Å²) in [5.41, 5.74) is 6.66. The molecular weight excluding hydrogens is 224 g/mol. The Morgan fingerprint density at radius 2 is 2.19 bits per heavy atom. The van der Waals surface area contributed by atoms with Gasteiger partial charge >= 0.3 is 0 Å². The van der Waals surface area contributed by atoms with E-state index in [1.54, 1.807) is 18.2 Å². The van der Waals surface area contributed by atoms with Crippen molar-refractivity contribution < 1.29 is 4.79 Å². The number of halogens is 1. The molecule has 2 rings (SSSR count). The Morgan fingerprint density at radius 3 is 2.75 bits per heavy atom. The molecule has 0 aliphatic heterocycles. The number of hydrogen-bond acceptors (Lipinski definition) is 2. The van der Waals surface area contributed by atoms with Crippen LogP contribution >= 0.6 is 11.6 Å². The molecule has 0 radical (unpaired) electrons. The number of carbonyl (C=O) groups excluding carboxylic acids is 1. The molecule has 1 aliphatic rings. The molecule has 1 aromatic carbocycles. The maximum atomic E-state index is 11.8. The molecule has 1 fully saturated rings. The number of hydrogen-bond donors (Lipinski definition) is 2. The van der Waals surface area contributed by atoms with Gasteiger partial charge in [0.1, 0.15) is 0 Å². The second-order valence-corrected chi connectivity index (χ2v) is 4.89. The van der Waals surface area contributed by atoms with E-state index in [4.69, 9.17) is 17.3 Å². The molecule has 0 unspecified atom stereocenters. The third-order valence-corrected chi connectivity index (χ3v) is 3.31. The highest BCUT2D eigenvalue weighted by molar-refractivity contribution is 6.33. The topological polar surface area (TPSA) is 55.1 Å². The van der Waals surface area contributed by atoms with Crippen molar-refractivity contribution in [3.05, 3.63) is 28.8 Å². The Labute approximate surface area is 100.0 Å². The molecule has 1 saturated carbocycles. The van der Waals surface area contributed by atoms with E-state index in [0.29, 0.717) is 22.3 Å². The summed E-state index contributed by atoms with van der Waals surface area (Å²) in [4.78, 5) is 11.8. The Balaban J connectivity index is 2.01. The summed E-state index contributed by atoms with van der Waals surface area (Å²) in [7, 11) is 0. The van der Waals surface area contributed by atoms with Crippen LogP contribution in [0.3, 0.4) is 0 Å². The highest BCUT2D eigenvalue weighted by Crippen LogP contribution is 2.27. The molecule has 3 nitrogen and oxygen atoms in total. The fourth-order valence-corrected chi connectivity index (χ4v) is 2.09. The van der Waals surface area contributed by atoms with Crippen molar-refractivity contribution >= 4 is 23.2 Å². The Kier molecular flexibility index (Phi) is 3.06. The normalized spacial score (nSPS) is 23.6. The first-order chi connectivity index (χ1) is 7.56. The minimum Gasteiger partial charge on any atom is -0.398 e. The van der Waals surface area contributed by atoms with Crippen molar-refractivity contribution in [3.8, 4) is 0 Å². The van der Waals surface area contributed by atoms with Gasteiger partial charge < -0.3 is 11.1 Å². The number of carbonyl (C=O) groups is 1. The van der Waals surface area contributed by atoms with Crippen molar-refractivity contribution in [1.29, 1.82) is 0 Å². The van der Waals surface area contributed by atoms with E-state index in [1.165, 1.54) is 0 Å². The third-order valence-electron chi connectivity index (χ3n) is 2.97. The number of anilines is 1. The molecule has 0 aromatic heterocycles. The summed E-state index contributed by atoms with van der Waals surface area (Å²) in [6.07, 6.45) is 2.13. The summed E-state index contributed by atoms with van der Waals surface area (Å²) >= 11 is 5.79. The Morgan fingerprint density at radius 1 is 1.50 bits per heavy atom. The molecule has 0 heterocycles. The molecule has 0 saturated heterocycles. The van der Waals surface area contributed by atoms with E-state index in [0.717, 1.165) is 18.8 Å². The van der Waals surface area contributed by atoms with Crippen LogP contribution in [0.25, 0.3) is 0 Å². The van der Waals surface area contributed by atoms with E-state index >= 15 is 0 Å². The zero-order chi connectivity index (χ0) is 11.7. The molecule has 1 aromatic rings. The predicted molar refractivity (Wildman–Crippen MR) is 65.5 cm³/mol. The van der Waals surface area contributed by atoms with E-state index in [2.05, 4.69) is 12.2 Å². The molecular formula is C12H15ClN2O. The van der Waals surface area contributed by atoms with Crippen molar-refractivity contribution in [2.24, 2.45) is 5.92 Å². The van der Waals surface area contributed by atoms with Crippen LogP contribution < -0.4 is 11.1 Å². The monoisotopic (exact) mass is 238 g/mol. The number of amides is 1. The van der Waals surface area contributed by atoms with Crippen LogP contribution in [-0.2, 0) is 0 Å². The van der Waals surface area contributed by atoms with E-state index in [1.807, 2.05) is 0 Å². The van der Waals surface area contributed by atoms with Crippen molar-refractivity contribution in [3.63, 3.8) is 0 Å². The third kappa shape index (κ3) is 2.30. The van der Waals surface area contributed by atoms with Crippen LogP contribution in [0.1, 0.15) is 30.1 Å². The lowest BCUT2D eigenvalue weighted by Crippen LogP contribution is -2.43. The SMILES string of the molecule is CC1CC(NC(=O)c2ccc(Cl)c(N)c2)C1. The summed E-state index contributed by atoms with van der Waals surface area (Å²) in [5.74, 6) is 0.654. The largest absolute Gasteiger partial charge is 0.398 e. The molecule has 86 valence electrons. The number of nitrogens with two attached hydrogens (primary N) is 1. The number of nitrogen functional groups attached to an aromatic ring is 1. The van der Waals surface area contributed by atoms with Gasteiger partial charge in [0.15, 0.2) is 0 Å². The number of nitrogens with one attached hydrogen (secondary N) is 1. The first kappa shape index (κ1) is 11.3. The highest BCUT2D eigenvalue weighted by atomic mass is 35.5. The standard InChI is InChI=1S/C12H15ClN2O/c1-7-4-9(5-7)15-12(16)8-2-3-10(13)11(14)6-8/h2-3,6-7,9H,4-5,14H2,1H3,(H,15,16). The van der Waals surface area contributed by atoms with Gasteiger partial charge in [0, 0.05) is 11.6 Å². The number of benzene rings is 1. The molecule has 16 heavy (non-hydrogen) atoms. The smallest absolute Gasteiger partial charge is 0.251 e. The minimum absolute atomic E-state index is 0.0692. The van der Waals surface area contributed by atoms with Crippen molar-refractivity contribution in [2.45, 2.75) is 25.8 Å². The van der Waals surface area contributed by atoms with E-state index in [-0.39, 0.29) is 5.91 Å². The molecule has 4 heteroatoms. The molecule has 1 amide bonds. The Hall–Kier alpha value is -1.22. The lowest BCUT2D eigenvalue weighted by atomic mass is 9.82. The maximum absolute atomic E-state index is 11.8. The summed E-state index contributed by atoms with van der Waals surface area (Å²) in [6, 6.07) is 5.27. The van der Waals surface area contributed by atoms with Crippen LogP contribution in [0.5, 0.6) is 0 Å². The van der Waals surface area contributed by atoms with Crippen LogP contribution in [0.15, 0.2) is 18.2 Å². The summed E-state index contributed by atoms with van der Waals surface area (Å²) < 4.78 is 0. The molecule has 3 N–H and O–H groups in total. The molecule has 0 bridgehead atoms. The van der Waals surface area contributed by atoms with E-state index in [9.17, 15) is 4.79 Å². The van der Waals surface area contributed by atoms with Gasteiger partial charge in [0.25, 0.3) is 5.91 Å². The zero-order valence-electron chi connectivity index (χ0n) is 9.16. The van der Waals surface area contributed by atoms with Gasteiger partial charge in [-0.15, -0.1) is 0 Å². The summed E-state index contributed by atoms with van der Waals surface area (Å²) in [5, 5.41) is 3.45. The van der Waals surface area contributed by atoms with Gasteiger partial charge in [-0.1, -0.05) is 18.5 Å². The van der Waals surface area contributed by atoms with Gasteiger partial charge in [0.05, 0.1) is 10.7 Å². The second kappa shape index (κ2) is 4.34. The minimum atomic E-state index is -0.0692. The van der Waals surface area contributed by atoms with Crippen LogP contribution in [0, 0.1) is 5.92 Å². The zero-order valence-corrected chi connectivity index (χ0v) is 9.92. The van der Waals surface area contributed by atoms with Crippen molar-refractivity contribution in [1.82, 2.24) is 5.32 Å². The quantitative estimate of drug-likeness (QED) is 0.778. The van der Waals surface area contributed by atoms with Gasteiger partial charge in [-0.05, 0) is 37.0 Å². The average Bonchev–Trinajstić information content (AvgIpc) is 2.19. The second-order valence-electron chi connectivity index (χ2n) is 4.48. The first-order valence-corrected chi connectivity index (χ1v) is 5.80. The summed E-state index contributed by atoms with van der Waals surface area (Å²) in [6.45, 7) is 2.18. The van der Waals surface area contributed by atoms with Gasteiger partial charge in [-0.3, -0.25) is 4.79 Å². The van der Waals surface area contributed by atoms with Gasteiger partial charge in [-0.25, -0.2) is 0 Å². The van der Waals surface area contributed by atoms with Gasteiger partial charge in [0.2, 0.25) is 0 Å². The van der Waals surface area contributed by atoms with Crippen LogP contribution in [0.2, 0.25) is 5.02 Å². The molecule has 0 spiro atoms. The lowest BCUT2D eigenvalue weighted by molar-refractivity contribution is 0.0896. The highest BCUT2D eigenvalue weighted by Gasteiger charge is 2.26. The fraction of sp³-hybridized carbons (Fsp3) is 0.417. The first-order valence-electron chi connectivity index (χ1n) is 5.42. The van der Waals surface area contributed by atoms with Crippen molar-refractivity contribution in [2.75, 3.05) is 5.73 Å². The predicted octanol–water partition coefficient (Wildman–Crippen LogP) is 2.45. The van der Waals surface area contributed by atoms with Crippen LogP contribution in [0.4, 0.5) is 5.69 Å². The lowest BCUT2D eigenvalue weighted by Gasteiger charge is -2.33.